The minimum Gasteiger partial charge on any atom is -0.311 e. The summed E-state index contributed by atoms with van der Waals surface area (Å²) in [6.07, 6.45) is 5.77. The Balaban J connectivity index is 1.98. The highest BCUT2D eigenvalue weighted by Crippen LogP contribution is 2.48. The van der Waals surface area contributed by atoms with E-state index < -0.39 is 0 Å². The second-order valence-electron chi connectivity index (χ2n) is 6.66. The van der Waals surface area contributed by atoms with Gasteiger partial charge in [-0.1, -0.05) is 43.7 Å². The first-order valence-corrected chi connectivity index (χ1v) is 7.77. The van der Waals surface area contributed by atoms with Gasteiger partial charge >= 0.3 is 0 Å². The highest BCUT2D eigenvalue weighted by atomic mass is 15.4. The number of hydrogen-bond acceptors (Lipinski definition) is 3. The van der Waals surface area contributed by atoms with Crippen molar-refractivity contribution in [2.45, 2.75) is 39.2 Å². The molecular formula is C17H24N4. The smallest absolute Gasteiger partial charge is 0.0818 e. The molecule has 2 aromatic rings. The first kappa shape index (κ1) is 14.3. The molecular weight excluding hydrogens is 260 g/mol. The Labute approximate surface area is 126 Å². The van der Waals surface area contributed by atoms with Crippen LogP contribution in [0.25, 0.3) is 5.69 Å². The fraction of sp³-hybridized carbons (Fsp3) is 0.529. The topological polar surface area (TPSA) is 42.7 Å². The minimum absolute atomic E-state index is 0.290. The summed E-state index contributed by atoms with van der Waals surface area (Å²) in [5.74, 6) is 0.614. The lowest BCUT2D eigenvalue weighted by Gasteiger charge is -2.34. The molecule has 2 unspecified atom stereocenters. The van der Waals surface area contributed by atoms with Gasteiger partial charge in [0.05, 0.1) is 23.6 Å². The van der Waals surface area contributed by atoms with E-state index in [1.54, 1.807) is 0 Å². The van der Waals surface area contributed by atoms with Crippen molar-refractivity contribution in [2.24, 2.45) is 11.3 Å². The number of hydrogen-bond donors (Lipinski definition) is 1. The molecule has 0 radical (unpaired) electrons. The summed E-state index contributed by atoms with van der Waals surface area (Å²) in [5, 5.41) is 12.0. The molecule has 0 amide bonds. The highest BCUT2D eigenvalue weighted by molar-refractivity contribution is 5.32. The number of para-hydroxylation sites is 1. The third-order valence-corrected chi connectivity index (χ3v) is 4.95. The summed E-state index contributed by atoms with van der Waals surface area (Å²) >= 11 is 0. The van der Waals surface area contributed by atoms with Crippen molar-refractivity contribution in [1.82, 2.24) is 20.3 Å². The van der Waals surface area contributed by atoms with Crippen LogP contribution in [0.3, 0.4) is 0 Å². The normalized spacial score (nSPS) is 22.3. The number of nitrogens with one attached hydrogen (secondary N) is 1. The van der Waals surface area contributed by atoms with E-state index >= 15 is 0 Å². The molecule has 0 aliphatic heterocycles. The molecule has 0 saturated heterocycles. The zero-order valence-electron chi connectivity index (χ0n) is 13.1. The Morgan fingerprint density at radius 1 is 1.29 bits per heavy atom. The Morgan fingerprint density at radius 2 is 2.05 bits per heavy atom. The first-order chi connectivity index (χ1) is 10.1. The van der Waals surface area contributed by atoms with E-state index in [4.69, 9.17) is 0 Å². The number of nitrogens with zero attached hydrogens (tertiary/aromatic N) is 3. The van der Waals surface area contributed by atoms with E-state index in [2.05, 4.69) is 41.6 Å². The number of benzene rings is 1. The quantitative estimate of drug-likeness (QED) is 0.936. The SMILES string of the molecule is CNC(c1cnnn1-c1ccccc1)C1CCCC1(C)C. The van der Waals surface area contributed by atoms with Crippen LogP contribution in [0.4, 0.5) is 0 Å². The zero-order valence-corrected chi connectivity index (χ0v) is 13.1. The predicted molar refractivity (Wildman–Crippen MR) is 84.3 cm³/mol. The Bertz CT molecular complexity index is 588. The summed E-state index contributed by atoms with van der Waals surface area (Å²) in [4.78, 5) is 0. The third kappa shape index (κ3) is 2.60. The van der Waals surface area contributed by atoms with Gasteiger partial charge in [0.25, 0.3) is 0 Å². The molecule has 1 saturated carbocycles. The van der Waals surface area contributed by atoms with Crippen LogP contribution in [0.15, 0.2) is 36.5 Å². The number of aromatic nitrogens is 3. The molecule has 1 aromatic carbocycles. The first-order valence-electron chi connectivity index (χ1n) is 7.77. The zero-order chi connectivity index (χ0) is 14.9. The van der Waals surface area contributed by atoms with Crippen molar-refractivity contribution in [3.63, 3.8) is 0 Å². The summed E-state index contributed by atoms with van der Waals surface area (Å²) in [7, 11) is 2.04. The van der Waals surface area contributed by atoms with E-state index in [0.717, 1.165) is 11.4 Å². The van der Waals surface area contributed by atoms with E-state index in [9.17, 15) is 0 Å². The van der Waals surface area contributed by atoms with Gasteiger partial charge in [0.2, 0.25) is 0 Å². The van der Waals surface area contributed by atoms with E-state index in [1.165, 1.54) is 19.3 Å². The molecule has 2 atom stereocenters. The van der Waals surface area contributed by atoms with Crippen molar-refractivity contribution >= 4 is 0 Å². The average Bonchev–Trinajstić information content (AvgIpc) is 3.09. The van der Waals surface area contributed by atoms with Gasteiger partial charge in [0, 0.05) is 0 Å². The van der Waals surface area contributed by atoms with Gasteiger partial charge in [-0.3, -0.25) is 0 Å². The van der Waals surface area contributed by atoms with Crippen LogP contribution < -0.4 is 5.32 Å². The molecule has 0 spiro atoms. The summed E-state index contributed by atoms with van der Waals surface area (Å²) in [6, 6.07) is 10.5. The van der Waals surface area contributed by atoms with Gasteiger partial charge in [-0.15, -0.1) is 5.10 Å². The third-order valence-electron chi connectivity index (χ3n) is 4.95. The maximum Gasteiger partial charge on any atom is 0.0818 e. The average molecular weight is 284 g/mol. The summed E-state index contributed by atoms with van der Waals surface area (Å²) in [6.45, 7) is 4.76. The fourth-order valence-electron chi connectivity index (χ4n) is 3.75. The maximum absolute atomic E-state index is 4.30. The molecule has 1 aliphatic rings. The molecule has 1 aromatic heterocycles. The molecule has 1 fully saturated rings. The standard InChI is InChI=1S/C17H24N4/c1-17(2)11-7-10-14(17)16(18-3)15-12-19-20-21(15)13-8-5-4-6-9-13/h4-6,8-9,12,14,16,18H,7,10-11H2,1-3H3. The minimum atomic E-state index is 0.290. The predicted octanol–water partition coefficient (Wildman–Crippen LogP) is 3.35. The van der Waals surface area contributed by atoms with E-state index in [-0.39, 0.29) is 6.04 Å². The monoisotopic (exact) mass is 284 g/mol. The van der Waals surface area contributed by atoms with Gasteiger partial charge in [-0.05, 0) is 43.4 Å². The highest BCUT2D eigenvalue weighted by Gasteiger charge is 2.40. The van der Waals surface area contributed by atoms with E-state index in [1.807, 2.05) is 36.1 Å². The van der Waals surface area contributed by atoms with Crippen LogP contribution in [0.5, 0.6) is 0 Å². The van der Waals surface area contributed by atoms with Crippen LogP contribution >= 0.6 is 0 Å². The Hall–Kier alpha value is -1.68. The summed E-state index contributed by atoms with van der Waals surface area (Å²) in [5.41, 5.74) is 2.59. The van der Waals surface area contributed by atoms with Crippen molar-refractivity contribution in [2.75, 3.05) is 7.05 Å². The Kier molecular flexibility index (Phi) is 3.81. The van der Waals surface area contributed by atoms with Crippen molar-refractivity contribution in [1.29, 1.82) is 0 Å². The second-order valence-corrected chi connectivity index (χ2v) is 6.66. The maximum atomic E-state index is 4.30. The van der Waals surface area contributed by atoms with Crippen LogP contribution in [0.1, 0.15) is 44.8 Å². The second kappa shape index (κ2) is 5.60. The van der Waals surface area contributed by atoms with Crippen LogP contribution in [-0.2, 0) is 0 Å². The van der Waals surface area contributed by atoms with Crippen molar-refractivity contribution in [3.8, 4) is 5.69 Å². The van der Waals surface area contributed by atoms with Crippen molar-refractivity contribution < 1.29 is 0 Å². The largest absolute Gasteiger partial charge is 0.311 e. The molecule has 0 bridgehead atoms. The molecule has 4 heteroatoms. The molecule has 3 rings (SSSR count). The van der Waals surface area contributed by atoms with Gasteiger partial charge in [-0.25, -0.2) is 4.68 Å². The molecule has 1 aliphatic carbocycles. The number of rotatable bonds is 4. The van der Waals surface area contributed by atoms with Gasteiger partial charge in [0.1, 0.15) is 0 Å². The van der Waals surface area contributed by atoms with Gasteiger partial charge < -0.3 is 5.32 Å². The van der Waals surface area contributed by atoms with Crippen molar-refractivity contribution in [3.05, 3.63) is 42.2 Å². The van der Waals surface area contributed by atoms with Crippen LogP contribution in [0.2, 0.25) is 0 Å². The Morgan fingerprint density at radius 3 is 2.67 bits per heavy atom. The lowest BCUT2D eigenvalue weighted by Crippen LogP contribution is -2.33. The lowest BCUT2D eigenvalue weighted by atomic mass is 9.76. The molecule has 112 valence electrons. The van der Waals surface area contributed by atoms with Gasteiger partial charge in [-0.2, -0.15) is 0 Å². The van der Waals surface area contributed by atoms with E-state index in [0.29, 0.717) is 11.3 Å². The van der Waals surface area contributed by atoms with Gasteiger partial charge in [0.15, 0.2) is 0 Å². The van der Waals surface area contributed by atoms with Crippen LogP contribution in [-0.4, -0.2) is 22.0 Å². The fourth-order valence-corrected chi connectivity index (χ4v) is 3.75. The molecule has 21 heavy (non-hydrogen) atoms. The van der Waals surface area contributed by atoms with Crippen LogP contribution in [0, 0.1) is 11.3 Å². The molecule has 1 heterocycles. The molecule has 1 N–H and O–H groups in total. The summed E-state index contributed by atoms with van der Waals surface area (Å²) < 4.78 is 1.97. The lowest BCUT2D eigenvalue weighted by molar-refractivity contribution is 0.199. The molecule has 4 nitrogen and oxygen atoms in total.